The van der Waals surface area contributed by atoms with Gasteiger partial charge in [0.1, 0.15) is 0 Å². The highest BCUT2D eigenvalue weighted by Gasteiger charge is 2.67. The molecule has 1 N–H and O–H groups in total. The minimum Gasteiger partial charge on any atom is -0.308 e. The summed E-state index contributed by atoms with van der Waals surface area (Å²) in [5.74, 6) is 0.619. The molecule has 1 aromatic heterocycles. The van der Waals surface area contributed by atoms with Crippen LogP contribution in [0, 0.1) is 16.7 Å². The lowest BCUT2D eigenvalue weighted by Gasteiger charge is -2.20. The maximum atomic E-state index is 4.50. The summed E-state index contributed by atoms with van der Waals surface area (Å²) >= 11 is 0. The third-order valence-electron chi connectivity index (χ3n) is 4.98. The minimum absolute atomic E-state index is 0.323. The van der Waals surface area contributed by atoms with E-state index in [0.717, 1.165) is 18.7 Å². The molecule has 0 amide bonds. The van der Waals surface area contributed by atoms with Crippen LogP contribution in [0.1, 0.15) is 52.8 Å². The Kier molecular flexibility index (Phi) is 3.45. The summed E-state index contributed by atoms with van der Waals surface area (Å²) in [6.07, 6.45) is 6.57. The third kappa shape index (κ3) is 2.05. The zero-order valence-corrected chi connectivity index (χ0v) is 12.2. The van der Waals surface area contributed by atoms with Crippen LogP contribution in [0.25, 0.3) is 0 Å². The largest absolute Gasteiger partial charge is 0.308 e. The molecule has 0 aliphatic heterocycles. The fourth-order valence-electron chi connectivity index (χ4n) is 3.25. The van der Waals surface area contributed by atoms with E-state index in [1.165, 1.54) is 0 Å². The first-order chi connectivity index (χ1) is 8.43. The van der Waals surface area contributed by atoms with Crippen molar-refractivity contribution in [3.63, 3.8) is 0 Å². The van der Waals surface area contributed by atoms with E-state index in [1.54, 1.807) is 12.4 Å². The van der Waals surface area contributed by atoms with Crippen LogP contribution < -0.4 is 5.32 Å². The highest BCUT2D eigenvalue weighted by atomic mass is 15.0. The lowest BCUT2D eigenvalue weighted by Crippen LogP contribution is -2.27. The van der Waals surface area contributed by atoms with Crippen molar-refractivity contribution in [1.29, 1.82) is 0 Å². The molecule has 18 heavy (non-hydrogen) atoms. The van der Waals surface area contributed by atoms with Crippen molar-refractivity contribution in [1.82, 2.24) is 15.3 Å². The van der Waals surface area contributed by atoms with Crippen molar-refractivity contribution in [2.45, 2.75) is 47.1 Å². The van der Waals surface area contributed by atoms with Crippen LogP contribution >= 0.6 is 0 Å². The number of nitrogens with zero attached hydrogens (tertiary/aromatic N) is 2. The van der Waals surface area contributed by atoms with Gasteiger partial charge in [0.25, 0.3) is 0 Å². The summed E-state index contributed by atoms with van der Waals surface area (Å²) in [5.41, 5.74) is 1.79. The van der Waals surface area contributed by atoms with Crippen LogP contribution in [-0.4, -0.2) is 16.5 Å². The Morgan fingerprint density at radius 3 is 2.33 bits per heavy atom. The summed E-state index contributed by atoms with van der Waals surface area (Å²) in [4.78, 5) is 8.72. The second-order valence-corrected chi connectivity index (χ2v) is 6.48. The highest BCUT2D eigenvalue weighted by Crippen LogP contribution is 2.72. The molecule has 1 aromatic rings. The van der Waals surface area contributed by atoms with E-state index in [1.807, 2.05) is 6.20 Å². The van der Waals surface area contributed by atoms with Crippen molar-refractivity contribution in [3.8, 4) is 0 Å². The molecule has 0 bridgehead atoms. The maximum absolute atomic E-state index is 4.50. The van der Waals surface area contributed by atoms with E-state index in [4.69, 9.17) is 0 Å². The quantitative estimate of drug-likeness (QED) is 0.868. The first-order valence-electron chi connectivity index (χ1n) is 6.92. The smallest absolute Gasteiger partial charge is 0.0759 e. The first kappa shape index (κ1) is 13.5. The summed E-state index contributed by atoms with van der Waals surface area (Å²) < 4.78 is 0. The normalized spacial score (nSPS) is 22.7. The van der Waals surface area contributed by atoms with Crippen molar-refractivity contribution in [2.24, 2.45) is 16.7 Å². The van der Waals surface area contributed by atoms with Gasteiger partial charge in [-0.25, -0.2) is 0 Å². The predicted octanol–water partition coefficient (Wildman–Crippen LogP) is 3.20. The molecular formula is C15H25N3. The Morgan fingerprint density at radius 1 is 1.22 bits per heavy atom. The molecule has 1 aliphatic carbocycles. The molecule has 1 unspecified atom stereocenters. The summed E-state index contributed by atoms with van der Waals surface area (Å²) in [5, 5.41) is 3.66. The van der Waals surface area contributed by atoms with E-state index in [-0.39, 0.29) is 0 Å². The summed E-state index contributed by atoms with van der Waals surface area (Å²) in [7, 11) is 0. The number of rotatable bonds is 5. The average molecular weight is 247 g/mol. The lowest BCUT2D eigenvalue weighted by atomic mass is 10.0. The van der Waals surface area contributed by atoms with Crippen LogP contribution in [0.5, 0.6) is 0 Å². The highest BCUT2D eigenvalue weighted by molar-refractivity contribution is 5.21. The van der Waals surface area contributed by atoms with Gasteiger partial charge in [-0.2, -0.15) is 0 Å². The molecular weight excluding hydrogens is 222 g/mol. The van der Waals surface area contributed by atoms with E-state index in [0.29, 0.717) is 22.8 Å². The Hall–Kier alpha value is -0.960. The van der Waals surface area contributed by atoms with E-state index in [9.17, 15) is 0 Å². The van der Waals surface area contributed by atoms with Gasteiger partial charge in [-0.15, -0.1) is 0 Å². The van der Waals surface area contributed by atoms with Crippen LogP contribution in [0.15, 0.2) is 18.6 Å². The standard InChI is InChI=1S/C15H25N3/c1-6-7-18-12(11-10-16-8-9-17-11)13-14(2,3)15(13,4)5/h8-10,12-13,18H,6-7H2,1-5H3. The molecule has 0 aromatic carbocycles. The lowest BCUT2D eigenvalue weighted by molar-refractivity contribution is 0.401. The van der Waals surface area contributed by atoms with Gasteiger partial charge < -0.3 is 5.32 Å². The van der Waals surface area contributed by atoms with E-state index in [2.05, 4.69) is 49.9 Å². The molecule has 0 spiro atoms. The zero-order chi connectivity index (χ0) is 13.4. The van der Waals surface area contributed by atoms with Gasteiger partial charge in [0, 0.05) is 18.6 Å². The van der Waals surface area contributed by atoms with E-state index >= 15 is 0 Å². The second kappa shape index (κ2) is 4.61. The van der Waals surface area contributed by atoms with Gasteiger partial charge >= 0.3 is 0 Å². The topological polar surface area (TPSA) is 37.8 Å². The first-order valence-corrected chi connectivity index (χ1v) is 6.92. The Labute approximate surface area is 110 Å². The van der Waals surface area contributed by atoms with Gasteiger partial charge in [-0.1, -0.05) is 34.6 Å². The SMILES string of the molecule is CCCNC(c1cnccn1)C1C(C)(C)C1(C)C. The number of hydrogen-bond acceptors (Lipinski definition) is 3. The van der Waals surface area contributed by atoms with Crippen LogP contribution in [0.4, 0.5) is 0 Å². The molecule has 3 nitrogen and oxygen atoms in total. The Morgan fingerprint density at radius 2 is 1.89 bits per heavy atom. The minimum atomic E-state index is 0.323. The van der Waals surface area contributed by atoms with Crippen molar-refractivity contribution < 1.29 is 0 Å². The van der Waals surface area contributed by atoms with Crippen LogP contribution in [0.3, 0.4) is 0 Å². The molecule has 2 rings (SSSR count). The molecule has 0 saturated heterocycles. The Bertz CT molecular complexity index is 383. The van der Waals surface area contributed by atoms with Crippen molar-refractivity contribution in [3.05, 3.63) is 24.3 Å². The van der Waals surface area contributed by atoms with Crippen molar-refractivity contribution in [2.75, 3.05) is 6.54 Å². The van der Waals surface area contributed by atoms with Crippen LogP contribution in [-0.2, 0) is 0 Å². The number of hydrogen-bond donors (Lipinski definition) is 1. The molecule has 1 atom stereocenters. The monoisotopic (exact) mass is 247 g/mol. The second-order valence-electron chi connectivity index (χ2n) is 6.48. The molecule has 1 saturated carbocycles. The summed E-state index contributed by atoms with van der Waals surface area (Å²) in [6.45, 7) is 12.7. The number of nitrogens with one attached hydrogen (secondary N) is 1. The predicted molar refractivity (Wildman–Crippen MR) is 74.1 cm³/mol. The molecule has 3 heteroatoms. The maximum Gasteiger partial charge on any atom is 0.0759 e. The molecule has 0 radical (unpaired) electrons. The van der Waals surface area contributed by atoms with Gasteiger partial charge in [0.05, 0.1) is 11.7 Å². The van der Waals surface area contributed by atoms with Gasteiger partial charge in [0.2, 0.25) is 0 Å². The van der Waals surface area contributed by atoms with Gasteiger partial charge in [-0.05, 0) is 29.7 Å². The average Bonchev–Trinajstić information content (AvgIpc) is 2.74. The third-order valence-corrected chi connectivity index (χ3v) is 4.98. The van der Waals surface area contributed by atoms with Crippen LogP contribution in [0.2, 0.25) is 0 Å². The fourth-order valence-corrected chi connectivity index (χ4v) is 3.25. The fraction of sp³-hybridized carbons (Fsp3) is 0.733. The molecule has 1 fully saturated rings. The van der Waals surface area contributed by atoms with Gasteiger partial charge in [0.15, 0.2) is 0 Å². The van der Waals surface area contributed by atoms with E-state index < -0.39 is 0 Å². The van der Waals surface area contributed by atoms with Crippen molar-refractivity contribution >= 4 is 0 Å². The zero-order valence-electron chi connectivity index (χ0n) is 12.2. The summed E-state index contributed by atoms with van der Waals surface area (Å²) in [6, 6.07) is 0.323. The Balaban J connectivity index is 2.23. The number of aromatic nitrogens is 2. The molecule has 100 valence electrons. The molecule has 1 aliphatic rings. The molecule has 1 heterocycles. The van der Waals surface area contributed by atoms with Gasteiger partial charge in [-0.3, -0.25) is 9.97 Å².